The van der Waals surface area contributed by atoms with Gasteiger partial charge in [-0.05, 0) is 154 Å². The molecule has 0 N–H and O–H groups in total. The van der Waals surface area contributed by atoms with E-state index in [1.54, 1.807) is 0 Å². The van der Waals surface area contributed by atoms with Crippen molar-refractivity contribution in [3.8, 4) is 11.1 Å². The Morgan fingerprint density at radius 2 is 1.18 bits per heavy atom. The number of anilines is 3. The van der Waals surface area contributed by atoms with E-state index in [1.165, 1.54) is 66.4 Å². The molecule has 0 radical (unpaired) electrons. The fraction of sp³-hybridized carbons (Fsp3) is 0.133. The molecule has 0 aromatic heterocycles. The molecule has 5 aliphatic carbocycles. The highest BCUT2D eigenvalue weighted by Gasteiger charge is 2.51. The van der Waals surface area contributed by atoms with Crippen LogP contribution in [-0.4, -0.2) is 0 Å². The van der Waals surface area contributed by atoms with Crippen LogP contribution in [0.1, 0.15) is 49.3 Å². The fourth-order valence-electron chi connectivity index (χ4n) is 10.7. The average Bonchev–Trinajstić information content (AvgIpc) is 3.58. The van der Waals surface area contributed by atoms with Crippen molar-refractivity contribution >= 4 is 38.6 Å². The molecule has 0 saturated carbocycles. The molecule has 6 aromatic carbocycles. The number of benzene rings is 6. The largest absolute Gasteiger partial charge is 0.311 e. The SMILES string of the molecule is CC1C=C(N(C2=CC=CCC=C2)c2ccc3c(c2)C(c2ccccc2)(C2C=CC=CC2)c2c-3c3ccccc3c3cc(N(C4=CC=CCC=C4)c4ccccc4)ccc23)C=CC1. The number of nitrogens with zero attached hydrogens (tertiary/aromatic N) is 2. The summed E-state index contributed by atoms with van der Waals surface area (Å²) in [6, 6.07) is 46.0. The molecule has 3 atom stereocenters. The average molecular weight is 799 g/mol. The molecule has 5 aliphatic rings. The third-order valence-electron chi connectivity index (χ3n) is 13.4. The van der Waals surface area contributed by atoms with E-state index in [0.29, 0.717) is 5.92 Å². The Bertz CT molecular complexity index is 3040. The molecule has 0 aliphatic heterocycles. The minimum atomic E-state index is -0.493. The Labute approximate surface area is 366 Å². The van der Waals surface area contributed by atoms with Gasteiger partial charge in [-0.25, -0.2) is 0 Å². The lowest BCUT2D eigenvalue weighted by Gasteiger charge is -2.41. The van der Waals surface area contributed by atoms with E-state index in [0.717, 1.165) is 42.8 Å². The van der Waals surface area contributed by atoms with Gasteiger partial charge >= 0.3 is 0 Å². The first kappa shape index (κ1) is 37.8. The molecule has 0 bridgehead atoms. The fourth-order valence-corrected chi connectivity index (χ4v) is 10.7. The van der Waals surface area contributed by atoms with E-state index < -0.39 is 5.41 Å². The van der Waals surface area contributed by atoms with Crippen molar-refractivity contribution in [2.45, 2.75) is 38.0 Å². The highest BCUT2D eigenvalue weighted by molar-refractivity contribution is 6.19. The van der Waals surface area contributed by atoms with Crippen molar-refractivity contribution < 1.29 is 0 Å². The lowest BCUT2D eigenvalue weighted by atomic mass is 9.61. The van der Waals surface area contributed by atoms with Gasteiger partial charge in [0.05, 0.1) is 5.41 Å². The van der Waals surface area contributed by atoms with E-state index in [1.807, 2.05) is 0 Å². The predicted molar refractivity (Wildman–Crippen MR) is 264 cm³/mol. The van der Waals surface area contributed by atoms with Crippen molar-refractivity contribution in [2.75, 3.05) is 9.80 Å². The van der Waals surface area contributed by atoms with Crippen molar-refractivity contribution in [3.05, 3.63) is 258 Å². The van der Waals surface area contributed by atoms with Gasteiger partial charge in [-0.15, -0.1) is 0 Å². The zero-order valence-electron chi connectivity index (χ0n) is 35.2. The number of rotatable bonds is 8. The second-order valence-corrected chi connectivity index (χ2v) is 17.1. The van der Waals surface area contributed by atoms with Crippen LogP contribution in [0.5, 0.6) is 0 Å². The Balaban J connectivity index is 1.23. The molecule has 0 saturated heterocycles. The van der Waals surface area contributed by atoms with Gasteiger partial charge in [0.25, 0.3) is 0 Å². The number of allylic oxidation sites excluding steroid dienone is 17. The Kier molecular flexibility index (Phi) is 9.78. The number of para-hydroxylation sites is 1. The number of hydrogen-bond acceptors (Lipinski definition) is 2. The maximum Gasteiger partial charge on any atom is 0.0536 e. The second-order valence-electron chi connectivity index (χ2n) is 17.1. The lowest BCUT2D eigenvalue weighted by molar-refractivity contribution is 0.460. The summed E-state index contributed by atoms with van der Waals surface area (Å²) < 4.78 is 0. The van der Waals surface area contributed by atoms with Crippen LogP contribution < -0.4 is 9.80 Å². The molecule has 3 unspecified atom stereocenters. The Morgan fingerprint density at radius 3 is 1.92 bits per heavy atom. The molecule has 0 spiro atoms. The van der Waals surface area contributed by atoms with Crippen molar-refractivity contribution in [2.24, 2.45) is 11.8 Å². The third-order valence-corrected chi connectivity index (χ3v) is 13.4. The number of fused-ring (bicyclic) bond motifs is 8. The molecular formula is C60H50N2. The molecule has 0 fully saturated rings. The first-order chi connectivity index (χ1) is 30.7. The highest BCUT2D eigenvalue weighted by Crippen LogP contribution is 2.62. The van der Waals surface area contributed by atoms with Gasteiger partial charge in [0, 0.05) is 34.2 Å². The first-order valence-corrected chi connectivity index (χ1v) is 22.3. The smallest absolute Gasteiger partial charge is 0.0536 e. The predicted octanol–water partition coefficient (Wildman–Crippen LogP) is 15.7. The molecule has 2 nitrogen and oxygen atoms in total. The summed E-state index contributed by atoms with van der Waals surface area (Å²) in [5.74, 6) is 0.627. The van der Waals surface area contributed by atoms with Crippen LogP contribution in [0.4, 0.5) is 17.1 Å². The highest BCUT2D eigenvalue weighted by atomic mass is 15.2. The van der Waals surface area contributed by atoms with Crippen LogP contribution in [0.25, 0.3) is 32.7 Å². The summed E-state index contributed by atoms with van der Waals surface area (Å²) in [5.41, 5.74) is 13.2. The van der Waals surface area contributed by atoms with Gasteiger partial charge in [-0.1, -0.05) is 165 Å². The summed E-state index contributed by atoms with van der Waals surface area (Å²) in [5, 5.41) is 5.13. The molecule has 11 rings (SSSR count). The van der Waals surface area contributed by atoms with Crippen LogP contribution in [0.2, 0.25) is 0 Å². The quantitative estimate of drug-likeness (QED) is 0.142. The second kappa shape index (κ2) is 16.0. The van der Waals surface area contributed by atoms with Crippen LogP contribution in [0.15, 0.2) is 242 Å². The van der Waals surface area contributed by atoms with E-state index >= 15 is 0 Å². The molecule has 6 aromatic rings. The van der Waals surface area contributed by atoms with Crippen LogP contribution in [-0.2, 0) is 5.41 Å². The van der Waals surface area contributed by atoms with E-state index in [9.17, 15) is 0 Å². The summed E-state index contributed by atoms with van der Waals surface area (Å²) >= 11 is 0. The lowest BCUT2D eigenvalue weighted by Crippen LogP contribution is -2.36. The maximum absolute atomic E-state index is 2.55. The van der Waals surface area contributed by atoms with Crippen molar-refractivity contribution in [1.29, 1.82) is 0 Å². The zero-order chi connectivity index (χ0) is 41.5. The summed E-state index contributed by atoms with van der Waals surface area (Å²) in [6.45, 7) is 2.32. The van der Waals surface area contributed by atoms with Crippen molar-refractivity contribution in [1.82, 2.24) is 0 Å². The van der Waals surface area contributed by atoms with Gasteiger partial charge in [-0.2, -0.15) is 0 Å². The van der Waals surface area contributed by atoms with Gasteiger partial charge in [0.1, 0.15) is 0 Å². The van der Waals surface area contributed by atoms with Crippen molar-refractivity contribution in [3.63, 3.8) is 0 Å². The maximum atomic E-state index is 2.55. The minimum absolute atomic E-state index is 0.172. The minimum Gasteiger partial charge on any atom is -0.311 e. The van der Waals surface area contributed by atoms with Gasteiger partial charge < -0.3 is 9.80 Å². The summed E-state index contributed by atoms with van der Waals surface area (Å²) in [4.78, 5) is 4.89. The monoisotopic (exact) mass is 798 g/mol. The molecule has 0 amide bonds. The van der Waals surface area contributed by atoms with E-state index in [2.05, 4.69) is 241 Å². The normalized spacial score (nSPS) is 21.0. The first-order valence-electron chi connectivity index (χ1n) is 22.3. The topological polar surface area (TPSA) is 6.48 Å². The van der Waals surface area contributed by atoms with Gasteiger partial charge in [0.15, 0.2) is 0 Å². The zero-order valence-corrected chi connectivity index (χ0v) is 35.2. The molecule has 62 heavy (non-hydrogen) atoms. The molecule has 300 valence electrons. The third kappa shape index (κ3) is 6.32. The van der Waals surface area contributed by atoms with E-state index in [4.69, 9.17) is 0 Å². The van der Waals surface area contributed by atoms with Crippen LogP contribution >= 0.6 is 0 Å². The van der Waals surface area contributed by atoms with Crippen LogP contribution in [0, 0.1) is 11.8 Å². The standard InChI is InChI=1S/C60H50N2/c1-43-22-21-33-49(40-43)62(48-29-15-4-5-16-30-48)51-37-39-55-57(42-51)60(44-23-9-6-10-24-44,45-25-11-7-12-26-45)59-54-38-36-50(41-56(54)52-34-19-20-35-53(52)58(55)59)61(47-31-17-8-18-32-47)46-27-13-2-3-14-28-46/h2,4,6-21,23-25,27-43,45H,3,5,22,26H2,1H3. The Hall–Kier alpha value is -7.16. The Morgan fingerprint density at radius 1 is 0.500 bits per heavy atom. The van der Waals surface area contributed by atoms with E-state index in [-0.39, 0.29) is 5.92 Å². The van der Waals surface area contributed by atoms with Gasteiger partial charge in [0.2, 0.25) is 0 Å². The number of hydrogen-bond donors (Lipinski definition) is 0. The van der Waals surface area contributed by atoms with Crippen LogP contribution in [0.3, 0.4) is 0 Å². The summed E-state index contributed by atoms with van der Waals surface area (Å²) in [7, 11) is 0. The van der Waals surface area contributed by atoms with Gasteiger partial charge in [-0.3, -0.25) is 0 Å². The molecule has 2 heteroatoms. The molecule has 0 heterocycles. The molecular weight excluding hydrogens is 749 g/mol. The summed E-state index contributed by atoms with van der Waals surface area (Å²) in [6.07, 6.45) is 42.7.